The third-order valence-electron chi connectivity index (χ3n) is 0. The monoisotopic (exact) mass is 131 g/mol. The zero-order valence-corrected chi connectivity index (χ0v) is 3.47. The zero-order valence-electron chi connectivity index (χ0n) is 1.71. The number of hydrogen-bond acceptors (Lipinski definition) is 1. The second-order valence-electron chi connectivity index (χ2n) is 0. The van der Waals surface area contributed by atoms with E-state index in [1.165, 1.54) is 0 Å². The molecule has 0 aromatic heterocycles. The van der Waals surface area contributed by atoms with Gasteiger partial charge in [0.1, 0.15) is 0 Å². The molecule has 33 valence electrons. The van der Waals surface area contributed by atoms with Crippen LogP contribution < -0.4 is 0 Å². The van der Waals surface area contributed by atoms with Gasteiger partial charge in [0.25, 0.3) is 0 Å². The molecule has 0 bridgehead atoms. The molecular weight excluding hydrogens is 128 g/mol. The van der Waals surface area contributed by atoms with Crippen LogP contribution in [0, 0.1) is 0 Å². The second kappa shape index (κ2) is 59.5. The van der Waals surface area contributed by atoms with Crippen LogP contribution in [0.2, 0.25) is 0 Å². The fourth-order valence-electron chi connectivity index (χ4n) is 0. The van der Waals surface area contributed by atoms with Crippen LogP contribution in [0.1, 0.15) is 0 Å². The minimum atomic E-state index is 0. The van der Waals surface area contributed by atoms with Crippen LogP contribution in [0.25, 0.3) is 0 Å². The molecule has 0 aromatic rings. The summed E-state index contributed by atoms with van der Waals surface area (Å²) in [7, 11) is 3.65. The molecule has 4 N–H and O–H groups in total. The van der Waals surface area contributed by atoms with Crippen molar-refractivity contribution in [1.82, 2.24) is 0 Å². The van der Waals surface area contributed by atoms with Gasteiger partial charge in [-0.3, -0.25) is 0 Å². The molecule has 0 amide bonds. The fourth-order valence-corrected chi connectivity index (χ4v) is 0. The molecule has 0 aromatic carbocycles. The van der Waals surface area contributed by atoms with Crippen LogP contribution >= 0.6 is 10.6 Å². The van der Waals surface area contributed by atoms with Crippen LogP contribution in [0.5, 0.6) is 0 Å². The molecule has 0 atom stereocenters. The second-order valence-corrected chi connectivity index (χ2v) is 0. The van der Waals surface area contributed by atoms with Crippen molar-refractivity contribution in [3.8, 4) is 0 Å². The van der Waals surface area contributed by atoms with Crippen LogP contribution in [0.15, 0.2) is 0 Å². The summed E-state index contributed by atoms with van der Waals surface area (Å²) in [4.78, 5) is 0. The van der Waals surface area contributed by atoms with Crippen molar-refractivity contribution in [2.24, 2.45) is 0 Å². The summed E-state index contributed by atoms with van der Waals surface area (Å²) >= 11 is 3.77. The molecule has 0 aliphatic heterocycles. The molecule has 0 fully saturated rings. The zero-order chi connectivity index (χ0) is 2.00. The Morgan fingerprint density at radius 3 is 1.00 bits per heavy atom. The number of hydrogen-bond donors (Lipinski definition) is 0. The molecule has 0 saturated carbocycles. The van der Waals surface area contributed by atoms with E-state index in [1.54, 1.807) is 0 Å². The van der Waals surface area contributed by atoms with Crippen molar-refractivity contribution < 1.29 is 25.3 Å². The Kier molecular flexibility index (Phi) is 337. The SMILES string of the molecule is O.O.[S]=[Cu]. The van der Waals surface area contributed by atoms with Crippen LogP contribution in [0.3, 0.4) is 0 Å². The van der Waals surface area contributed by atoms with Gasteiger partial charge >= 0.3 is 24.9 Å². The van der Waals surface area contributed by atoms with Gasteiger partial charge in [-0.05, 0) is 0 Å². The first-order valence-corrected chi connectivity index (χ1v) is 1.52. The predicted octanol–water partition coefficient (Wildman–Crippen LogP) is -1.00. The molecule has 4 heteroatoms. The van der Waals surface area contributed by atoms with Crippen molar-refractivity contribution in [1.29, 1.82) is 0 Å². The van der Waals surface area contributed by atoms with E-state index in [9.17, 15) is 0 Å². The first-order chi connectivity index (χ1) is 1.00. The summed E-state index contributed by atoms with van der Waals surface area (Å²) in [6.07, 6.45) is 0. The van der Waals surface area contributed by atoms with Gasteiger partial charge in [0.2, 0.25) is 0 Å². The van der Waals surface area contributed by atoms with Crippen molar-refractivity contribution >= 4 is 10.6 Å². The maximum absolute atomic E-state index is 3.77. The summed E-state index contributed by atoms with van der Waals surface area (Å²) in [5, 5.41) is 0. The molecule has 4 heavy (non-hydrogen) atoms. The Bertz CT molecular complexity index is 6.00. The van der Waals surface area contributed by atoms with E-state index in [0.717, 1.165) is 0 Å². The van der Waals surface area contributed by atoms with E-state index in [2.05, 4.69) is 24.9 Å². The molecule has 0 spiro atoms. The van der Waals surface area contributed by atoms with Crippen LogP contribution in [-0.2, 0) is 14.4 Å². The summed E-state index contributed by atoms with van der Waals surface area (Å²) < 4.78 is 0. The number of rotatable bonds is 0. The summed E-state index contributed by atoms with van der Waals surface area (Å²) in [6.45, 7) is 0. The summed E-state index contributed by atoms with van der Waals surface area (Å²) in [5.74, 6) is 0. The average molecular weight is 132 g/mol. The maximum atomic E-state index is 3.77. The Labute approximate surface area is 36.5 Å². The van der Waals surface area contributed by atoms with Crippen molar-refractivity contribution in [3.63, 3.8) is 0 Å². The van der Waals surface area contributed by atoms with Gasteiger partial charge in [0.05, 0.1) is 0 Å². The Morgan fingerprint density at radius 2 is 1.00 bits per heavy atom. The Morgan fingerprint density at radius 1 is 1.00 bits per heavy atom. The van der Waals surface area contributed by atoms with Crippen molar-refractivity contribution in [2.45, 2.75) is 0 Å². The van der Waals surface area contributed by atoms with Crippen molar-refractivity contribution in [2.75, 3.05) is 0 Å². The normalized spacial score (nSPS) is 1.50. The Balaban J connectivity index is -0.00000000500. The molecule has 0 unspecified atom stereocenters. The molecular formula is H4CuO2S. The predicted molar refractivity (Wildman–Crippen MR) is 14.8 cm³/mol. The molecule has 0 aliphatic rings. The van der Waals surface area contributed by atoms with Gasteiger partial charge in [-0.15, -0.1) is 0 Å². The van der Waals surface area contributed by atoms with Gasteiger partial charge in [0, 0.05) is 0 Å². The topological polar surface area (TPSA) is 63.0 Å². The van der Waals surface area contributed by atoms with Gasteiger partial charge in [0.15, 0.2) is 0 Å². The molecule has 0 heterocycles. The minimum absolute atomic E-state index is 0. The molecule has 0 radical (unpaired) electrons. The molecule has 0 saturated heterocycles. The summed E-state index contributed by atoms with van der Waals surface area (Å²) in [6, 6.07) is 0. The Hall–Kier alpha value is 0.659. The van der Waals surface area contributed by atoms with E-state index in [-0.39, 0.29) is 11.0 Å². The molecule has 0 aliphatic carbocycles. The third kappa shape index (κ3) is 16.8. The first-order valence-electron chi connectivity index (χ1n) is 0.123. The first kappa shape index (κ1) is 22.7. The van der Waals surface area contributed by atoms with Gasteiger partial charge in [-0.1, -0.05) is 0 Å². The summed E-state index contributed by atoms with van der Waals surface area (Å²) in [5.41, 5.74) is 0. The molecule has 0 rings (SSSR count). The van der Waals surface area contributed by atoms with Gasteiger partial charge in [-0.25, -0.2) is 0 Å². The van der Waals surface area contributed by atoms with Crippen molar-refractivity contribution in [3.05, 3.63) is 0 Å². The van der Waals surface area contributed by atoms with E-state index in [0.29, 0.717) is 0 Å². The van der Waals surface area contributed by atoms with Gasteiger partial charge < -0.3 is 11.0 Å². The standard InChI is InChI=1S/Cu.2H2O.S/h;2*1H2;. The fraction of sp³-hybridized carbons (Fsp3) is 0. The van der Waals surface area contributed by atoms with Crippen LogP contribution in [0.4, 0.5) is 0 Å². The van der Waals surface area contributed by atoms with E-state index < -0.39 is 0 Å². The third-order valence-corrected chi connectivity index (χ3v) is 0. The van der Waals surface area contributed by atoms with E-state index in [1.807, 2.05) is 0 Å². The average Bonchev–Trinajstić information content (AvgIpc) is 1.00. The van der Waals surface area contributed by atoms with E-state index in [4.69, 9.17) is 0 Å². The quantitative estimate of drug-likeness (QED) is 0.389. The van der Waals surface area contributed by atoms with Crippen LogP contribution in [-0.4, -0.2) is 11.0 Å². The van der Waals surface area contributed by atoms with E-state index >= 15 is 0 Å². The molecule has 2 nitrogen and oxygen atoms in total. The van der Waals surface area contributed by atoms with Gasteiger partial charge in [-0.2, -0.15) is 0 Å².